The van der Waals surface area contributed by atoms with Crippen LogP contribution in [0.3, 0.4) is 0 Å². The molecule has 1 aromatic heterocycles. The van der Waals surface area contributed by atoms with Crippen LogP contribution in [0, 0.1) is 0 Å². The molecule has 0 radical (unpaired) electrons. The molecule has 3 N–H and O–H groups in total. The quantitative estimate of drug-likeness (QED) is 0.465. The van der Waals surface area contributed by atoms with E-state index in [9.17, 15) is 4.79 Å². The van der Waals surface area contributed by atoms with Crippen molar-refractivity contribution in [3.63, 3.8) is 0 Å². The molecule has 0 bridgehead atoms. The highest BCUT2D eigenvalue weighted by molar-refractivity contribution is 5.93. The van der Waals surface area contributed by atoms with Crippen molar-refractivity contribution < 1.29 is 13.9 Å². The summed E-state index contributed by atoms with van der Waals surface area (Å²) in [7, 11) is 0. The van der Waals surface area contributed by atoms with Gasteiger partial charge >= 0.3 is 0 Å². The second-order valence-electron chi connectivity index (χ2n) is 5.06. The first-order chi connectivity index (χ1) is 8.53. The van der Waals surface area contributed by atoms with Crippen LogP contribution in [-0.4, -0.2) is 36.1 Å². The normalized spacial score (nSPS) is 19.7. The Labute approximate surface area is 106 Å². The van der Waals surface area contributed by atoms with E-state index in [-0.39, 0.29) is 11.4 Å². The Hall–Kier alpha value is -1.37. The molecule has 1 aliphatic heterocycles. The van der Waals surface area contributed by atoms with Crippen LogP contribution in [0.4, 0.5) is 0 Å². The molecule has 18 heavy (non-hydrogen) atoms. The number of furan rings is 1. The molecule has 0 unspecified atom stereocenters. The molecule has 100 valence electrons. The molecule has 0 spiro atoms. The molecule has 1 fully saturated rings. The molecular weight excluding hydrogens is 234 g/mol. The zero-order chi connectivity index (χ0) is 13.2. The smallest absolute Gasteiger partial charge is 0.268 e. The van der Waals surface area contributed by atoms with Gasteiger partial charge < -0.3 is 9.15 Å². The minimum Gasteiger partial charge on any atom is -0.467 e. The van der Waals surface area contributed by atoms with Gasteiger partial charge in [0.05, 0.1) is 25.3 Å². The monoisotopic (exact) mass is 253 g/mol. The van der Waals surface area contributed by atoms with Crippen LogP contribution in [0.25, 0.3) is 0 Å². The van der Waals surface area contributed by atoms with E-state index in [0.29, 0.717) is 18.7 Å². The van der Waals surface area contributed by atoms with Gasteiger partial charge in [0.15, 0.2) is 0 Å². The summed E-state index contributed by atoms with van der Waals surface area (Å²) in [6.07, 6.45) is 1.42. The van der Waals surface area contributed by atoms with Crippen LogP contribution in [0.1, 0.15) is 30.0 Å². The number of amides is 1. The van der Waals surface area contributed by atoms with Crippen molar-refractivity contribution in [1.82, 2.24) is 10.3 Å². The molecule has 6 heteroatoms. The lowest BCUT2D eigenvalue weighted by atomic mass is 10.0. The van der Waals surface area contributed by atoms with Crippen molar-refractivity contribution in [2.75, 3.05) is 19.8 Å². The first kappa shape index (κ1) is 13.1. The maximum absolute atomic E-state index is 11.3. The Balaban J connectivity index is 2.04. The van der Waals surface area contributed by atoms with Crippen LogP contribution in [0.2, 0.25) is 0 Å². The van der Waals surface area contributed by atoms with E-state index in [4.69, 9.17) is 15.0 Å². The second kappa shape index (κ2) is 5.09. The van der Waals surface area contributed by atoms with Crippen LogP contribution in [0.5, 0.6) is 0 Å². The summed E-state index contributed by atoms with van der Waals surface area (Å²) in [6.45, 7) is 7.19. The predicted octanol–water partition coefficient (Wildman–Crippen LogP) is 0.494. The first-order valence-electron chi connectivity index (χ1n) is 5.94. The molecule has 1 aromatic rings. The third-order valence-corrected chi connectivity index (χ3v) is 3.21. The van der Waals surface area contributed by atoms with Gasteiger partial charge in [0.2, 0.25) is 0 Å². The van der Waals surface area contributed by atoms with Gasteiger partial charge in [0.25, 0.3) is 5.91 Å². The predicted molar refractivity (Wildman–Crippen MR) is 65.7 cm³/mol. The van der Waals surface area contributed by atoms with Gasteiger partial charge in [-0.05, 0) is 19.9 Å². The third-order valence-electron chi connectivity index (χ3n) is 3.21. The minimum absolute atomic E-state index is 0.0265. The van der Waals surface area contributed by atoms with Crippen molar-refractivity contribution in [2.45, 2.75) is 25.9 Å². The van der Waals surface area contributed by atoms with Crippen LogP contribution in [0.15, 0.2) is 16.7 Å². The van der Waals surface area contributed by atoms with Crippen LogP contribution >= 0.6 is 0 Å². The molecule has 0 atom stereocenters. The number of morpholine rings is 1. The fourth-order valence-electron chi connectivity index (χ4n) is 2.04. The molecule has 1 aliphatic rings. The van der Waals surface area contributed by atoms with Gasteiger partial charge in [-0.15, -0.1) is 0 Å². The van der Waals surface area contributed by atoms with E-state index in [1.54, 1.807) is 6.07 Å². The van der Waals surface area contributed by atoms with Crippen molar-refractivity contribution in [2.24, 2.45) is 5.84 Å². The van der Waals surface area contributed by atoms with E-state index in [2.05, 4.69) is 24.2 Å². The van der Waals surface area contributed by atoms with Gasteiger partial charge in [-0.3, -0.25) is 15.1 Å². The standard InChI is InChI=1S/C12H19N3O3/c1-12(2)8-17-4-3-15(12)6-10-5-9(7-18-10)11(16)14-13/h5,7H,3-4,6,8,13H2,1-2H3,(H,14,16). The summed E-state index contributed by atoms with van der Waals surface area (Å²) in [6, 6.07) is 1.72. The summed E-state index contributed by atoms with van der Waals surface area (Å²) >= 11 is 0. The molecule has 2 heterocycles. The van der Waals surface area contributed by atoms with Crippen LogP contribution < -0.4 is 11.3 Å². The number of nitrogens with one attached hydrogen (secondary N) is 1. The molecule has 0 saturated carbocycles. The third kappa shape index (κ3) is 2.72. The number of rotatable bonds is 3. The number of hydrogen-bond acceptors (Lipinski definition) is 5. The summed E-state index contributed by atoms with van der Waals surface area (Å²) in [5.74, 6) is 5.48. The Morgan fingerprint density at radius 2 is 2.39 bits per heavy atom. The van der Waals surface area contributed by atoms with Crippen molar-refractivity contribution in [1.29, 1.82) is 0 Å². The molecule has 1 saturated heterocycles. The summed E-state index contributed by atoms with van der Waals surface area (Å²) in [5, 5.41) is 0. The largest absolute Gasteiger partial charge is 0.467 e. The van der Waals surface area contributed by atoms with E-state index < -0.39 is 0 Å². The Kier molecular flexibility index (Phi) is 3.70. The topological polar surface area (TPSA) is 80.7 Å². The average molecular weight is 253 g/mol. The number of hydrogen-bond donors (Lipinski definition) is 2. The summed E-state index contributed by atoms with van der Waals surface area (Å²) in [4.78, 5) is 13.6. The first-order valence-corrected chi connectivity index (χ1v) is 5.94. The minimum atomic E-state index is -0.341. The molecular formula is C12H19N3O3. The van der Waals surface area contributed by atoms with Crippen molar-refractivity contribution in [3.05, 3.63) is 23.7 Å². The van der Waals surface area contributed by atoms with E-state index in [1.165, 1.54) is 6.26 Å². The number of carbonyl (C=O) groups excluding carboxylic acids is 1. The summed E-state index contributed by atoms with van der Waals surface area (Å²) < 4.78 is 10.8. The second-order valence-corrected chi connectivity index (χ2v) is 5.06. The number of ether oxygens (including phenoxy) is 1. The lowest BCUT2D eigenvalue weighted by Crippen LogP contribution is -2.52. The average Bonchev–Trinajstić information content (AvgIpc) is 2.79. The van der Waals surface area contributed by atoms with E-state index in [1.807, 2.05) is 0 Å². The fourth-order valence-corrected chi connectivity index (χ4v) is 2.04. The molecule has 2 rings (SSSR count). The number of nitrogens with zero attached hydrogens (tertiary/aromatic N) is 1. The Bertz CT molecular complexity index is 428. The SMILES string of the molecule is CC1(C)COCCN1Cc1cc(C(=O)NN)co1. The highest BCUT2D eigenvalue weighted by Gasteiger charge is 2.31. The zero-order valence-electron chi connectivity index (χ0n) is 10.7. The van der Waals surface area contributed by atoms with Gasteiger partial charge in [0.1, 0.15) is 12.0 Å². The van der Waals surface area contributed by atoms with Gasteiger partial charge in [-0.1, -0.05) is 0 Å². The molecule has 1 amide bonds. The maximum Gasteiger partial charge on any atom is 0.268 e. The highest BCUT2D eigenvalue weighted by Crippen LogP contribution is 2.22. The number of nitrogens with two attached hydrogens (primary N) is 1. The Morgan fingerprint density at radius 3 is 3.06 bits per heavy atom. The molecule has 6 nitrogen and oxygen atoms in total. The molecule has 0 aromatic carbocycles. The lowest BCUT2D eigenvalue weighted by Gasteiger charge is -2.41. The number of nitrogen functional groups attached to an aromatic ring is 1. The highest BCUT2D eigenvalue weighted by atomic mass is 16.5. The van der Waals surface area contributed by atoms with Crippen molar-refractivity contribution >= 4 is 5.91 Å². The molecule has 0 aliphatic carbocycles. The maximum atomic E-state index is 11.3. The van der Waals surface area contributed by atoms with Gasteiger partial charge in [-0.25, -0.2) is 5.84 Å². The Morgan fingerprint density at radius 1 is 1.61 bits per heavy atom. The summed E-state index contributed by atoms with van der Waals surface area (Å²) in [5.41, 5.74) is 2.50. The number of hydrazine groups is 1. The van der Waals surface area contributed by atoms with E-state index >= 15 is 0 Å². The fraction of sp³-hybridized carbons (Fsp3) is 0.583. The van der Waals surface area contributed by atoms with Gasteiger partial charge in [0, 0.05) is 12.1 Å². The van der Waals surface area contributed by atoms with Gasteiger partial charge in [-0.2, -0.15) is 0 Å². The van der Waals surface area contributed by atoms with Crippen molar-refractivity contribution in [3.8, 4) is 0 Å². The number of carbonyl (C=O) groups is 1. The lowest BCUT2D eigenvalue weighted by molar-refractivity contribution is -0.0577. The van der Waals surface area contributed by atoms with Crippen LogP contribution in [-0.2, 0) is 11.3 Å². The zero-order valence-corrected chi connectivity index (χ0v) is 10.7. The van der Waals surface area contributed by atoms with E-state index in [0.717, 1.165) is 18.9 Å².